The van der Waals surface area contributed by atoms with Crippen LogP contribution in [-0.2, 0) is 30.0 Å². The van der Waals surface area contributed by atoms with Crippen LogP contribution < -0.4 is 5.73 Å². The molecule has 0 aromatic carbocycles. The molecule has 2 aromatic heterocycles. The third kappa shape index (κ3) is 5.77. The molecule has 0 radical (unpaired) electrons. The van der Waals surface area contributed by atoms with Crippen molar-refractivity contribution >= 4 is 54.2 Å². The Morgan fingerprint density at radius 1 is 1.33 bits per heavy atom. The van der Waals surface area contributed by atoms with E-state index in [0.717, 1.165) is 19.3 Å². The largest absolute Gasteiger partial charge is 0.414 e. The normalized spacial score (nSPS) is 35.4. The number of ether oxygens (including phenoxy) is 1. The summed E-state index contributed by atoms with van der Waals surface area (Å²) in [4.78, 5) is 12.9. The van der Waals surface area contributed by atoms with Crippen LogP contribution in [0, 0.1) is 5.92 Å². The van der Waals surface area contributed by atoms with Gasteiger partial charge in [-0.1, -0.05) is 44.3 Å². The van der Waals surface area contributed by atoms with E-state index in [4.69, 9.17) is 35.8 Å². The molecule has 0 bridgehead atoms. The SMILES string of the molecule is C=C(C)[C@@H]1CC[C@]2(C)S[P@](=S)(O[C@H]3C[C@H](n4cnc5c(N)ncnc54)O[C@@H]3CO[Si](C)(C)C(C)(C)C)O[C@H]2C1. The minimum atomic E-state index is -2.61. The average Bonchev–Trinajstić information content (AvgIpc) is 3.49. The fourth-order valence-corrected chi connectivity index (χ4v) is 13.9. The quantitative estimate of drug-likeness (QED) is 0.209. The van der Waals surface area contributed by atoms with Crippen LogP contribution in [0.25, 0.3) is 11.2 Å². The summed E-state index contributed by atoms with van der Waals surface area (Å²) >= 11 is 7.90. The van der Waals surface area contributed by atoms with Crippen LogP contribution in [-0.4, -0.2) is 57.5 Å². The molecule has 13 heteroatoms. The number of nitrogens with two attached hydrogens (primary N) is 1. The number of anilines is 1. The predicted octanol–water partition coefficient (Wildman–Crippen LogP) is 6.59. The first-order chi connectivity index (χ1) is 18.1. The van der Waals surface area contributed by atoms with E-state index in [1.54, 1.807) is 17.7 Å². The molecule has 7 atom stereocenters. The van der Waals surface area contributed by atoms with E-state index in [-0.39, 0.29) is 34.3 Å². The molecule has 2 N–H and O–H groups in total. The molecule has 3 fully saturated rings. The molecular formula is C26H42N5O4PS2Si. The summed E-state index contributed by atoms with van der Waals surface area (Å²) in [7, 11) is -2.01. The molecule has 3 aliphatic rings. The van der Waals surface area contributed by atoms with Gasteiger partial charge in [-0.3, -0.25) is 4.57 Å². The summed E-state index contributed by atoms with van der Waals surface area (Å²) in [6.07, 6.45) is 5.99. The van der Waals surface area contributed by atoms with E-state index in [0.29, 0.717) is 35.9 Å². The van der Waals surface area contributed by atoms with E-state index in [9.17, 15) is 0 Å². The molecule has 0 amide bonds. The van der Waals surface area contributed by atoms with Crippen molar-refractivity contribution in [3.8, 4) is 0 Å². The van der Waals surface area contributed by atoms with Gasteiger partial charge in [0.05, 0.1) is 25.1 Å². The first kappa shape index (κ1) is 29.6. The second-order valence-electron chi connectivity index (χ2n) is 12.9. The number of hydrogen-bond acceptors (Lipinski definition) is 10. The van der Waals surface area contributed by atoms with E-state index in [2.05, 4.69) is 69.2 Å². The van der Waals surface area contributed by atoms with Gasteiger partial charge in [0.15, 0.2) is 19.8 Å². The molecule has 0 spiro atoms. The number of imidazole rings is 1. The van der Waals surface area contributed by atoms with Gasteiger partial charge >= 0.3 is 0 Å². The molecule has 9 nitrogen and oxygen atoms in total. The molecule has 4 heterocycles. The third-order valence-electron chi connectivity index (χ3n) is 9.00. The minimum Gasteiger partial charge on any atom is -0.414 e. The lowest BCUT2D eigenvalue weighted by atomic mass is 9.77. The van der Waals surface area contributed by atoms with Crippen molar-refractivity contribution in [2.75, 3.05) is 12.3 Å². The van der Waals surface area contributed by atoms with Gasteiger partial charge in [0, 0.05) is 11.2 Å². The smallest absolute Gasteiger partial charge is 0.248 e. The van der Waals surface area contributed by atoms with E-state index < -0.39 is 14.0 Å². The molecular weight excluding hydrogens is 570 g/mol. The summed E-state index contributed by atoms with van der Waals surface area (Å²) in [5.74, 6) is 0.816. The predicted molar refractivity (Wildman–Crippen MR) is 164 cm³/mol. The van der Waals surface area contributed by atoms with Gasteiger partial charge in [-0.15, -0.1) is 0 Å². The Labute approximate surface area is 242 Å². The number of hydrogen-bond donors (Lipinski definition) is 1. The summed E-state index contributed by atoms with van der Waals surface area (Å²) in [6.45, 7) is 20.2. The highest BCUT2D eigenvalue weighted by Crippen LogP contribution is 2.76. The monoisotopic (exact) mass is 611 g/mol. The number of rotatable bonds is 7. The fraction of sp³-hybridized carbons (Fsp3) is 0.731. The minimum absolute atomic E-state index is 0.0392. The van der Waals surface area contributed by atoms with Crippen molar-refractivity contribution < 1.29 is 18.2 Å². The van der Waals surface area contributed by atoms with Crippen LogP contribution in [0.5, 0.6) is 0 Å². The van der Waals surface area contributed by atoms with Gasteiger partial charge in [0.1, 0.15) is 24.2 Å². The van der Waals surface area contributed by atoms with E-state index >= 15 is 0 Å². The number of allylic oxidation sites excluding steroid dienone is 1. The molecule has 5 rings (SSSR count). The van der Waals surface area contributed by atoms with Crippen LogP contribution in [0.3, 0.4) is 0 Å². The highest BCUT2D eigenvalue weighted by Gasteiger charge is 2.55. The number of nitrogen functional groups attached to an aromatic ring is 1. The maximum atomic E-state index is 6.80. The first-order valence-electron chi connectivity index (χ1n) is 13.7. The zero-order valence-corrected chi connectivity index (χ0v) is 27.6. The third-order valence-corrected chi connectivity index (χ3v) is 19.3. The van der Waals surface area contributed by atoms with Crippen LogP contribution >= 0.6 is 17.1 Å². The topological polar surface area (TPSA) is 107 Å². The Morgan fingerprint density at radius 3 is 2.77 bits per heavy atom. The zero-order valence-electron chi connectivity index (χ0n) is 24.0. The second kappa shape index (κ2) is 10.5. The summed E-state index contributed by atoms with van der Waals surface area (Å²) < 4.78 is 28.5. The summed E-state index contributed by atoms with van der Waals surface area (Å²) in [5.41, 5.74) is 5.84. The van der Waals surface area contributed by atoms with E-state index in [1.807, 2.05) is 4.57 Å². The molecule has 39 heavy (non-hydrogen) atoms. The van der Waals surface area contributed by atoms with Gasteiger partial charge in [-0.25, -0.2) is 15.0 Å². The number of aromatic nitrogens is 4. The van der Waals surface area contributed by atoms with Gasteiger partial charge in [-0.2, -0.15) is 0 Å². The molecule has 1 aliphatic carbocycles. The molecule has 1 saturated carbocycles. The molecule has 2 saturated heterocycles. The Bertz CT molecular complexity index is 1300. The van der Waals surface area contributed by atoms with Gasteiger partial charge in [0.25, 0.3) is 0 Å². The summed E-state index contributed by atoms with van der Waals surface area (Å²) in [5, 5.41) is 0.0805. The van der Waals surface area contributed by atoms with Crippen molar-refractivity contribution in [1.29, 1.82) is 0 Å². The first-order valence-corrected chi connectivity index (χ1v) is 20.6. The van der Waals surface area contributed by atoms with Crippen molar-refractivity contribution in [1.82, 2.24) is 19.5 Å². The van der Waals surface area contributed by atoms with Gasteiger partial charge in [-0.05, 0) is 69.0 Å². The average molecular weight is 612 g/mol. The lowest BCUT2D eigenvalue weighted by molar-refractivity contribution is -0.0370. The second-order valence-corrected chi connectivity index (χ2v) is 24.3. The molecule has 216 valence electrons. The lowest BCUT2D eigenvalue weighted by Crippen LogP contribution is -2.44. The maximum absolute atomic E-state index is 6.80. The zero-order chi connectivity index (χ0) is 28.4. The number of fused-ring (bicyclic) bond motifs is 2. The molecule has 2 aromatic rings. The lowest BCUT2D eigenvalue weighted by Gasteiger charge is -2.37. The van der Waals surface area contributed by atoms with Crippen molar-refractivity contribution in [3.05, 3.63) is 24.8 Å². The Hall–Kier alpha value is -0.853. The van der Waals surface area contributed by atoms with Crippen molar-refractivity contribution in [2.45, 2.75) is 108 Å². The Balaban J connectivity index is 1.38. The Kier molecular flexibility index (Phi) is 7.94. The standard InChI is InChI=1S/C26H42N5O4PS2Si/c1-16(2)17-9-10-26(6)20(11-17)35-36(37,38-26)34-18-12-21(31-15-30-22-23(27)28-14-29-24(22)31)33-19(18)13-32-39(7,8)25(3,4)5/h14-15,17-21H,1,9-13H2,2-8H3,(H2,27,28,29)/t17-,18+,19-,20+,21-,26+,36-/m1/s1. The van der Waals surface area contributed by atoms with Crippen LogP contribution in [0.15, 0.2) is 24.8 Å². The number of nitrogens with zero attached hydrogens (tertiary/aromatic N) is 4. The highest BCUT2D eigenvalue weighted by atomic mass is 32.9. The summed E-state index contributed by atoms with van der Waals surface area (Å²) in [6, 6.07) is 0. The highest BCUT2D eigenvalue weighted by molar-refractivity contribution is 8.68. The Morgan fingerprint density at radius 2 is 2.08 bits per heavy atom. The van der Waals surface area contributed by atoms with Gasteiger partial charge in [0.2, 0.25) is 5.69 Å². The van der Waals surface area contributed by atoms with Crippen LogP contribution in [0.2, 0.25) is 18.1 Å². The van der Waals surface area contributed by atoms with E-state index in [1.165, 1.54) is 11.9 Å². The van der Waals surface area contributed by atoms with Gasteiger partial charge < -0.3 is 23.9 Å². The maximum Gasteiger partial charge on any atom is 0.248 e. The molecule has 0 unspecified atom stereocenters. The van der Waals surface area contributed by atoms with Crippen LogP contribution in [0.4, 0.5) is 5.82 Å². The molecule has 2 aliphatic heterocycles. The van der Waals surface area contributed by atoms with Crippen LogP contribution in [0.1, 0.15) is 66.5 Å². The van der Waals surface area contributed by atoms with Crippen molar-refractivity contribution in [3.63, 3.8) is 0 Å². The van der Waals surface area contributed by atoms with Crippen molar-refractivity contribution in [2.24, 2.45) is 5.92 Å². The fourth-order valence-electron chi connectivity index (χ4n) is 5.32.